The molecule has 0 fully saturated rings. The van der Waals surface area contributed by atoms with Crippen molar-refractivity contribution in [3.05, 3.63) is 0 Å². The molecule has 0 aliphatic rings. The second-order valence-corrected chi connectivity index (χ2v) is 10.1. The van der Waals surface area contributed by atoms with Gasteiger partial charge in [-0.05, 0) is 25.7 Å². The summed E-state index contributed by atoms with van der Waals surface area (Å²) in [5.41, 5.74) is 0. The lowest BCUT2D eigenvalue weighted by Crippen LogP contribution is -2.36. The molecule has 2 amide bonds. The molecule has 0 saturated carbocycles. The molecule has 0 bridgehead atoms. The van der Waals surface area contributed by atoms with E-state index in [-0.39, 0.29) is 25.0 Å². The summed E-state index contributed by atoms with van der Waals surface area (Å²) in [4.78, 5) is 29.3. The molecule has 0 N–H and O–H groups in total. The van der Waals surface area contributed by atoms with Gasteiger partial charge >= 0.3 is 0 Å². The minimum Gasteiger partial charge on any atom is -0.369 e. The summed E-state index contributed by atoms with van der Waals surface area (Å²) in [5.74, 6) is 0.147. The predicted octanol–water partition coefficient (Wildman–Crippen LogP) is 7.00. The van der Waals surface area contributed by atoms with Crippen molar-refractivity contribution in [2.24, 2.45) is 0 Å². The van der Waals surface area contributed by atoms with Crippen LogP contribution in [0.5, 0.6) is 0 Å². The molecular formula is C30H60N2O4. The minimum absolute atomic E-state index is 0.0735. The lowest BCUT2D eigenvalue weighted by molar-refractivity contribution is -0.140. The van der Waals surface area contributed by atoms with Gasteiger partial charge in [-0.2, -0.15) is 0 Å². The third-order valence-electron chi connectivity index (χ3n) is 6.65. The average molecular weight is 513 g/mol. The molecule has 0 aromatic carbocycles. The average Bonchev–Trinajstić information content (AvgIpc) is 2.88. The summed E-state index contributed by atoms with van der Waals surface area (Å²) in [5, 5.41) is 0. The normalized spacial score (nSPS) is 11.1. The smallest absolute Gasteiger partial charge is 0.248 e. The summed E-state index contributed by atoms with van der Waals surface area (Å²) in [6.07, 6.45) is 18.6. The molecule has 0 rings (SSSR count). The van der Waals surface area contributed by atoms with E-state index in [0.717, 1.165) is 51.9 Å². The first kappa shape index (κ1) is 34.9. The highest BCUT2D eigenvalue weighted by atomic mass is 16.5. The number of carbonyl (C=O) groups excluding carboxylic acids is 2. The number of amides is 2. The Kier molecular flexibility index (Phi) is 26.1. The highest BCUT2D eigenvalue weighted by Crippen LogP contribution is 2.08. The van der Waals surface area contributed by atoms with Gasteiger partial charge in [-0.25, -0.2) is 0 Å². The molecule has 0 saturated heterocycles. The largest absolute Gasteiger partial charge is 0.369 e. The maximum atomic E-state index is 12.7. The molecule has 0 unspecified atom stereocenters. The predicted molar refractivity (Wildman–Crippen MR) is 151 cm³/mol. The summed E-state index contributed by atoms with van der Waals surface area (Å²) >= 11 is 0. The van der Waals surface area contributed by atoms with Gasteiger partial charge in [0.25, 0.3) is 0 Å². The molecule has 6 heteroatoms. The second-order valence-electron chi connectivity index (χ2n) is 10.1. The van der Waals surface area contributed by atoms with Crippen molar-refractivity contribution in [2.45, 2.75) is 130 Å². The Morgan fingerprint density at radius 2 is 0.722 bits per heavy atom. The van der Waals surface area contributed by atoms with Crippen molar-refractivity contribution >= 4 is 11.8 Å². The highest BCUT2D eigenvalue weighted by molar-refractivity contribution is 5.77. The van der Waals surface area contributed by atoms with E-state index < -0.39 is 0 Å². The fourth-order valence-corrected chi connectivity index (χ4v) is 4.26. The molecule has 0 radical (unpaired) electrons. The molecule has 6 nitrogen and oxygen atoms in total. The SMILES string of the molecule is CCCCCCN(CCCCCC)C(=O)COCCOCC(=O)N(CCCCCC)CCCCCC. The van der Waals surface area contributed by atoms with Gasteiger partial charge in [0.1, 0.15) is 13.2 Å². The van der Waals surface area contributed by atoms with Crippen molar-refractivity contribution in [3.8, 4) is 0 Å². The monoisotopic (exact) mass is 512 g/mol. The van der Waals surface area contributed by atoms with Gasteiger partial charge < -0.3 is 19.3 Å². The molecule has 36 heavy (non-hydrogen) atoms. The standard InChI is InChI=1S/C30H60N2O4/c1-5-9-13-17-21-31(22-18-14-10-6-2)29(33)27-35-25-26-36-28-30(34)32(23-19-15-11-7-3)24-20-16-12-8-4/h5-28H2,1-4H3. The highest BCUT2D eigenvalue weighted by Gasteiger charge is 2.15. The van der Waals surface area contributed by atoms with Crippen molar-refractivity contribution in [1.29, 1.82) is 0 Å². The van der Waals surface area contributed by atoms with Crippen LogP contribution in [0.1, 0.15) is 130 Å². The molecular weight excluding hydrogens is 452 g/mol. The molecule has 214 valence electrons. The number of hydrogen-bond donors (Lipinski definition) is 0. The van der Waals surface area contributed by atoms with Gasteiger partial charge in [-0.1, -0.05) is 105 Å². The first-order valence-corrected chi connectivity index (χ1v) is 15.3. The second kappa shape index (κ2) is 26.9. The zero-order chi connectivity index (χ0) is 26.7. The number of ether oxygens (including phenoxy) is 2. The van der Waals surface area contributed by atoms with Crippen molar-refractivity contribution in [3.63, 3.8) is 0 Å². The van der Waals surface area contributed by atoms with Gasteiger partial charge in [0.2, 0.25) is 11.8 Å². The first-order chi connectivity index (χ1) is 17.6. The third-order valence-corrected chi connectivity index (χ3v) is 6.65. The molecule has 0 spiro atoms. The topological polar surface area (TPSA) is 59.1 Å². The Hall–Kier alpha value is -1.14. The molecule has 0 aliphatic heterocycles. The Bertz CT molecular complexity index is 433. The van der Waals surface area contributed by atoms with E-state index in [2.05, 4.69) is 27.7 Å². The summed E-state index contributed by atoms with van der Waals surface area (Å²) < 4.78 is 11.2. The van der Waals surface area contributed by atoms with Gasteiger partial charge in [-0.3, -0.25) is 9.59 Å². The van der Waals surface area contributed by atoms with E-state index in [1.54, 1.807) is 0 Å². The lowest BCUT2D eigenvalue weighted by atomic mass is 10.1. The van der Waals surface area contributed by atoms with Crippen LogP contribution in [-0.2, 0) is 19.1 Å². The molecule has 0 aromatic rings. The number of carbonyl (C=O) groups is 2. The van der Waals surface area contributed by atoms with Crippen LogP contribution in [-0.4, -0.2) is 74.2 Å². The van der Waals surface area contributed by atoms with E-state index in [1.807, 2.05) is 9.80 Å². The minimum atomic E-state index is 0.0735. The molecule has 0 atom stereocenters. The van der Waals surface area contributed by atoms with Crippen LogP contribution < -0.4 is 0 Å². The Labute approximate surface area is 223 Å². The van der Waals surface area contributed by atoms with E-state index >= 15 is 0 Å². The molecule has 0 aromatic heterocycles. The van der Waals surface area contributed by atoms with E-state index in [1.165, 1.54) is 77.0 Å². The van der Waals surface area contributed by atoms with Crippen molar-refractivity contribution in [1.82, 2.24) is 9.80 Å². The third kappa shape index (κ3) is 21.0. The zero-order valence-electron chi connectivity index (χ0n) is 24.5. The zero-order valence-corrected chi connectivity index (χ0v) is 24.5. The summed E-state index contributed by atoms with van der Waals surface area (Å²) in [6, 6.07) is 0. The van der Waals surface area contributed by atoms with E-state index in [4.69, 9.17) is 9.47 Å². The Balaban J connectivity index is 4.27. The Morgan fingerprint density at radius 1 is 0.444 bits per heavy atom. The van der Waals surface area contributed by atoms with E-state index in [9.17, 15) is 9.59 Å². The van der Waals surface area contributed by atoms with Crippen LogP contribution in [0.3, 0.4) is 0 Å². The molecule has 0 aliphatic carbocycles. The van der Waals surface area contributed by atoms with Crippen LogP contribution >= 0.6 is 0 Å². The van der Waals surface area contributed by atoms with E-state index in [0.29, 0.717) is 13.2 Å². The number of hydrogen-bond acceptors (Lipinski definition) is 4. The van der Waals surface area contributed by atoms with Crippen molar-refractivity contribution in [2.75, 3.05) is 52.6 Å². The maximum Gasteiger partial charge on any atom is 0.248 e. The molecule has 0 heterocycles. The number of unbranched alkanes of at least 4 members (excludes halogenated alkanes) is 12. The first-order valence-electron chi connectivity index (χ1n) is 15.3. The lowest BCUT2D eigenvalue weighted by Gasteiger charge is -2.23. The number of rotatable bonds is 27. The fraction of sp³-hybridized carbons (Fsp3) is 0.933. The quantitative estimate of drug-likeness (QED) is 0.111. The van der Waals surface area contributed by atoms with Crippen LogP contribution in [0.4, 0.5) is 0 Å². The van der Waals surface area contributed by atoms with Crippen LogP contribution in [0.15, 0.2) is 0 Å². The van der Waals surface area contributed by atoms with Gasteiger partial charge in [0, 0.05) is 26.2 Å². The van der Waals surface area contributed by atoms with Crippen LogP contribution in [0, 0.1) is 0 Å². The van der Waals surface area contributed by atoms with Gasteiger partial charge in [0.15, 0.2) is 0 Å². The maximum absolute atomic E-state index is 12.7. The summed E-state index contributed by atoms with van der Waals surface area (Å²) in [6.45, 7) is 13.0. The fourth-order valence-electron chi connectivity index (χ4n) is 4.26. The number of nitrogens with zero attached hydrogens (tertiary/aromatic N) is 2. The summed E-state index contributed by atoms with van der Waals surface area (Å²) in [7, 11) is 0. The van der Waals surface area contributed by atoms with Gasteiger partial charge in [-0.15, -0.1) is 0 Å². The van der Waals surface area contributed by atoms with Crippen molar-refractivity contribution < 1.29 is 19.1 Å². The van der Waals surface area contributed by atoms with Gasteiger partial charge in [0.05, 0.1) is 13.2 Å². The van der Waals surface area contributed by atoms with Crippen LogP contribution in [0.25, 0.3) is 0 Å². The van der Waals surface area contributed by atoms with Crippen LogP contribution in [0.2, 0.25) is 0 Å². The Morgan fingerprint density at radius 3 is 0.972 bits per heavy atom.